The van der Waals surface area contributed by atoms with Crippen molar-refractivity contribution in [2.45, 2.75) is 13.8 Å². The van der Waals surface area contributed by atoms with E-state index in [9.17, 15) is 14.4 Å². The van der Waals surface area contributed by atoms with Gasteiger partial charge in [-0.3, -0.25) is 9.59 Å². The van der Waals surface area contributed by atoms with Crippen molar-refractivity contribution in [3.05, 3.63) is 64.3 Å². The molecule has 1 aliphatic rings. The first-order valence-corrected chi connectivity index (χ1v) is 8.49. The van der Waals surface area contributed by atoms with Crippen LogP contribution in [0.2, 0.25) is 5.02 Å². The van der Waals surface area contributed by atoms with Gasteiger partial charge in [0.2, 0.25) is 5.90 Å². The minimum Gasteiger partial charge on any atom is -0.423 e. The van der Waals surface area contributed by atoms with Crippen molar-refractivity contribution in [3.63, 3.8) is 0 Å². The lowest BCUT2D eigenvalue weighted by molar-refractivity contribution is -0.134. The van der Waals surface area contributed by atoms with Crippen LogP contribution in [0.1, 0.15) is 25.0 Å². The lowest BCUT2D eigenvalue weighted by Crippen LogP contribution is -2.07. The molecule has 1 aliphatic heterocycles. The van der Waals surface area contributed by atoms with Crippen LogP contribution < -0.4 is 9.47 Å². The van der Waals surface area contributed by atoms with Crippen molar-refractivity contribution < 1.29 is 28.6 Å². The molecule has 2 aromatic rings. The average molecular weight is 400 g/mol. The van der Waals surface area contributed by atoms with Crippen LogP contribution in [0.5, 0.6) is 11.5 Å². The third-order valence-corrected chi connectivity index (χ3v) is 3.71. The summed E-state index contributed by atoms with van der Waals surface area (Å²) in [4.78, 5) is 38.8. The van der Waals surface area contributed by atoms with Crippen LogP contribution >= 0.6 is 11.6 Å². The zero-order valence-corrected chi connectivity index (χ0v) is 15.6. The van der Waals surface area contributed by atoms with Crippen molar-refractivity contribution in [2.75, 3.05) is 0 Å². The van der Waals surface area contributed by atoms with E-state index < -0.39 is 17.9 Å². The van der Waals surface area contributed by atoms with Gasteiger partial charge in [-0.1, -0.05) is 23.7 Å². The number of nitrogens with zero attached hydrogens (tertiary/aromatic N) is 1. The van der Waals surface area contributed by atoms with Gasteiger partial charge in [-0.05, 0) is 42.0 Å². The molecule has 0 N–H and O–H groups in total. The van der Waals surface area contributed by atoms with Crippen molar-refractivity contribution in [2.24, 2.45) is 4.99 Å². The van der Waals surface area contributed by atoms with E-state index in [-0.39, 0.29) is 23.1 Å². The number of carbonyl (C=O) groups excluding carboxylic acids is 3. The molecule has 0 aliphatic carbocycles. The van der Waals surface area contributed by atoms with Gasteiger partial charge in [-0.25, -0.2) is 9.79 Å². The molecule has 0 spiro atoms. The summed E-state index contributed by atoms with van der Waals surface area (Å²) in [6.07, 6.45) is 1.46. The molecule has 1 heterocycles. The summed E-state index contributed by atoms with van der Waals surface area (Å²) in [5.74, 6) is -1.51. The maximum Gasteiger partial charge on any atom is 0.363 e. The Balaban J connectivity index is 1.94. The van der Waals surface area contributed by atoms with Crippen LogP contribution in [-0.4, -0.2) is 23.8 Å². The van der Waals surface area contributed by atoms with E-state index in [2.05, 4.69) is 4.99 Å². The van der Waals surface area contributed by atoms with Gasteiger partial charge in [0.1, 0.15) is 0 Å². The van der Waals surface area contributed by atoms with Crippen LogP contribution in [0.25, 0.3) is 6.08 Å². The molecule has 0 saturated carbocycles. The van der Waals surface area contributed by atoms with Crippen LogP contribution in [0.15, 0.2) is 53.2 Å². The summed E-state index contributed by atoms with van der Waals surface area (Å²) in [7, 11) is 0. The second kappa shape index (κ2) is 8.06. The van der Waals surface area contributed by atoms with E-state index in [1.165, 1.54) is 32.1 Å². The normalized spacial score (nSPS) is 14.5. The minimum absolute atomic E-state index is 0.0439. The number of halogens is 1. The Bertz CT molecular complexity index is 1040. The van der Waals surface area contributed by atoms with E-state index in [0.29, 0.717) is 16.1 Å². The molecule has 0 bridgehead atoms. The van der Waals surface area contributed by atoms with Gasteiger partial charge < -0.3 is 14.2 Å². The maximum atomic E-state index is 12.1. The molecule has 0 fully saturated rings. The number of ether oxygens (including phenoxy) is 3. The Morgan fingerprint density at radius 3 is 2.43 bits per heavy atom. The van der Waals surface area contributed by atoms with E-state index in [4.69, 9.17) is 25.8 Å². The molecule has 28 heavy (non-hydrogen) atoms. The summed E-state index contributed by atoms with van der Waals surface area (Å²) in [5, 5.41) is 0.487. The summed E-state index contributed by atoms with van der Waals surface area (Å²) in [6.45, 7) is 2.45. The van der Waals surface area contributed by atoms with Gasteiger partial charge >= 0.3 is 17.9 Å². The molecular formula is C20H14ClNO6. The van der Waals surface area contributed by atoms with Crippen molar-refractivity contribution >= 4 is 41.5 Å². The molecule has 0 unspecified atom stereocenters. The van der Waals surface area contributed by atoms with Crippen LogP contribution in [-0.2, 0) is 19.1 Å². The fourth-order valence-electron chi connectivity index (χ4n) is 2.40. The monoisotopic (exact) mass is 399 g/mol. The zero-order valence-electron chi connectivity index (χ0n) is 14.9. The van der Waals surface area contributed by atoms with Gasteiger partial charge in [0.25, 0.3) is 0 Å². The number of benzene rings is 2. The third-order valence-electron chi connectivity index (χ3n) is 3.47. The topological polar surface area (TPSA) is 91.3 Å². The minimum atomic E-state index is -0.631. The Hall–Kier alpha value is -3.45. The highest BCUT2D eigenvalue weighted by Crippen LogP contribution is 2.30. The number of esters is 3. The highest BCUT2D eigenvalue weighted by molar-refractivity contribution is 6.31. The lowest BCUT2D eigenvalue weighted by atomic mass is 10.1. The Morgan fingerprint density at radius 2 is 1.75 bits per heavy atom. The Kier molecular flexibility index (Phi) is 5.56. The van der Waals surface area contributed by atoms with E-state index in [1.807, 2.05) is 0 Å². The van der Waals surface area contributed by atoms with Gasteiger partial charge in [-0.15, -0.1) is 0 Å². The SMILES string of the molecule is CC(=O)Oc1ccc(/C=C2\N=C(c3cccc(Cl)c3)OC2=O)cc1OC(C)=O. The predicted octanol–water partition coefficient (Wildman–Crippen LogP) is 3.54. The predicted molar refractivity (Wildman–Crippen MR) is 101 cm³/mol. The molecule has 0 aromatic heterocycles. The van der Waals surface area contributed by atoms with E-state index in [1.54, 1.807) is 30.3 Å². The first-order chi connectivity index (χ1) is 13.3. The number of carbonyl (C=O) groups is 3. The van der Waals surface area contributed by atoms with Crippen LogP contribution in [0, 0.1) is 0 Å². The summed E-state index contributed by atoms with van der Waals surface area (Å²) in [5.41, 5.74) is 1.12. The van der Waals surface area contributed by atoms with Crippen LogP contribution in [0.4, 0.5) is 0 Å². The first kappa shape index (κ1) is 19.3. The summed E-state index contributed by atoms with van der Waals surface area (Å²) < 4.78 is 15.3. The number of aliphatic imine (C=N–C) groups is 1. The van der Waals surface area contributed by atoms with E-state index >= 15 is 0 Å². The van der Waals surface area contributed by atoms with Crippen molar-refractivity contribution in [1.29, 1.82) is 0 Å². The molecule has 3 rings (SSSR count). The zero-order chi connectivity index (χ0) is 20.3. The van der Waals surface area contributed by atoms with Gasteiger partial charge in [0.05, 0.1) is 0 Å². The van der Waals surface area contributed by atoms with E-state index in [0.717, 1.165) is 0 Å². The maximum absolute atomic E-state index is 12.1. The molecule has 8 heteroatoms. The lowest BCUT2D eigenvalue weighted by Gasteiger charge is -2.09. The standard InChI is InChI=1S/C20H14ClNO6/c1-11(23)26-17-7-6-13(9-18(17)27-12(2)24)8-16-20(25)28-19(22-16)14-4-3-5-15(21)10-14/h3-10H,1-2H3/b16-8-. The highest BCUT2D eigenvalue weighted by atomic mass is 35.5. The van der Waals surface area contributed by atoms with Gasteiger partial charge in [-0.2, -0.15) is 0 Å². The summed E-state index contributed by atoms with van der Waals surface area (Å²) >= 11 is 5.95. The highest BCUT2D eigenvalue weighted by Gasteiger charge is 2.24. The van der Waals surface area contributed by atoms with Crippen molar-refractivity contribution in [3.8, 4) is 11.5 Å². The molecule has 7 nitrogen and oxygen atoms in total. The third kappa shape index (κ3) is 4.63. The molecule has 0 atom stereocenters. The number of hydrogen-bond donors (Lipinski definition) is 0. The molecule has 142 valence electrons. The largest absolute Gasteiger partial charge is 0.423 e. The molecule has 2 aromatic carbocycles. The van der Waals surface area contributed by atoms with Crippen LogP contribution in [0.3, 0.4) is 0 Å². The van der Waals surface area contributed by atoms with Gasteiger partial charge in [0, 0.05) is 24.4 Å². The number of hydrogen-bond acceptors (Lipinski definition) is 7. The molecule has 0 amide bonds. The average Bonchev–Trinajstić information content (AvgIpc) is 2.97. The number of cyclic esters (lactones) is 1. The number of rotatable bonds is 4. The quantitative estimate of drug-likeness (QED) is 0.443. The smallest absolute Gasteiger partial charge is 0.363 e. The van der Waals surface area contributed by atoms with Crippen molar-refractivity contribution in [1.82, 2.24) is 0 Å². The summed E-state index contributed by atoms with van der Waals surface area (Å²) in [6, 6.07) is 11.2. The fraction of sp³-hybridized carbons (Fsp3) is 0.100. The van der Waals surface area contributed by atoms with Gasteiger partial charge in [0.15, 0.2) is 17.2 Å². The first-order valence-electron chi connectivity index (χ1n) is 8.11. The fourth-order valence-corrected chi connectivity index (χ4v) is 2.59. The second-order valence-electron chi connectivity index (χ2n) is 5.74. The second-order valence-corrected chi connectivity index (χ2v) is 6.18. The Labute approximate surface area is 165 Å². The molecule has 0 radical (unpaired) electrons. The molecular weight excluding hydrogens is 386 g/mol. The molecule has 0 saturated heterocycles. The Morgan fingerprint density at radius 1 is 1.04 bits per heavy atom.